The van der Waals surface area contributed by atoms with Gasteiger partial charge in [0.2, 0.25) is 5.88 Å². The third-order valence-electron chi connectivity index (χ3n) is 4.62. The Bertz CT molecular complexity index is 816. The number of benzene rings is 1. The number of amides is 1. The first kappa shape index (κ1) is 18.9. The molecule has 0 bridgehead atoms. The molecule has 0 saturated carbocycles. The highest BCUT2D eigenvalue weighted by Gasteiger charge is 2.27. The van der Waals surface area contributed by atoms with Crippen LogP contribution in [0.15, 0.2) is 24.4 Å². The topological polar surface area (TPSA) is 77.7 Å². The van der Waals surface area contributed by atoms with Crippen molar-refractivity contribution in [3.05, 3.63) is 45.6 Å². The number of carbonyl (C=O) groups excluding carboxylic acids is 1. The number of rotatable bonds is 4. The van der Waals surface area contributed by atoms with E-state index in [2.05, 4.69) is 5.32 Å². The molecule has 3 N–H and O–H groups in total. The lowest BCUT2D eigenvalue weighted by molar-refractivity contribution is 0.0782. The summed E-state index contributed by atoms with van der Waals surface area (Å²) in [7, 11) is 1.63. The summed E-state index contributed by atoms with van der Waals surface area (Å²) in [6.45, 7) is 1.92. The lowest BCUT2D eigenvalue weighted by Gasteiger charge is -2.24. The molecule has 1 aliphatic rings. The largest absolute Gasteiger partial charge is 0.503 e. The van der Waals surface area contributed by atoms with Crippen LogP contribution in [0.2, 0.25) is 10.0 Å². The molecule has 26 heavy (non-hydrogen) atoms. The zero-order chi connectivity index (χ0) is 18.8. The fraction of sp³-hybridized carbons (Fsp3) is 0.389. The average Bonchev–Trinajstić information content (AvgIpc) is 2.93. The van der Waals surface area contributed by atoms with Crippen LogP contribution in [0.25, 0.3) is 0 Å². The molecule has 1 unspecified atom stereocenters. The van der Waals surface area contributed by atoms with Crippen LogP contribution in [0.5, 0.6) is 11.6 Å². The van der Waals surface area contributed by atoms with Gasteiger partial charge in [-0.2, -0.15) is 0 Å². The number of nitrogens with one attached hydrogen (secondary N) is 1. The number of halogens is 2. The van der Waals surface area contributed by atoms with E-state index in [-0.39, 0.29) is 29.1 Å². The maximum absolute atomic E-state index is 12.7. The third kappa shape index (κ3) is 3.77. The number of aromatic nitrogens is 1. The molecule has 3 rings (SSSR count). The van der Waals surface area contributed by atoms with Gasteiger partial charge in [0, 0.05) is 32.4 Å². The van der Waals surface area contributed by atoms with Gasteiger partial charge in [-0.3, -0.25) is 4.79 Å². The van der Waals surface area contributed by atoms with Gasteiger partial charge in [-0.15, -0.1) is 0 Å². The lowest BCUT2D eigenvalue weighted by Crippen LogP contribution is -2.31. The molecule has 0 spiro atoms. The average molecular weight is 398 g/mol. The van der Waals surface area contributed by atoms with Crippen molar-refractivity contribution in [3.63, 3.8) is 0 Å². The van der Waals surface area contributed by atoms with E-state index in [1.807, 2.05) is 0 Å². The Balaban J connectivity index is 1.79. The summed E-state index contributed by atoms with van der Waals surface area (Å²) >= 11 is 11.9. The van der Waals surface area contributed by atoms with Crippen molar-refractivity contribution in [2.24, 2.45) is 0 Å². The second-order valence-electron chi connectivity index (χ2n) is 6.53. The molecular weight excluding hydrogens is 377 g/mol. The first-order chi connectivity index (χ1) is 12.4. The van der Waals surface area contributed by atoms with Crippen LogP contribution in [-0.2, 0) is 6.54 Å². The van der Waals surface area contributed by atoms with E-state index in [1.165, 1.54) is 11.1 Å². The van der Waals surface area contributed by atoms with Gasteiger partial charge in [-0.25, -0.2) is 0 Å². The summed E-state index contributed by atoms with van der Waals surface area (Å²) in [5.74, 6) is -1.04. The normalized spacial score (nSPS) is 17.3. The van der Waals surface area contributed by atoms with Crippen molar-refractivity contribution >= 4 is 29.1 Å². The zero-order valence-corrected chi connectivity index (χ0v) is 15.9. The van der Waals surface area contributed by atoms with Gasteiger partial charge >= 0.3 is 0 Å². The number of hydrogen-bond donors (Lipinski definition) is 3. The van der Waals surface area contributed by atoms with E-state index >= 15 is 0 Å². The predicted molar refractivity (Wildman–Crippen MR) is 101 cm³/mol. The first-order valence-electron chi connectivity index (χ1n) is 8.41. The number of nitrogens with zero attached hydrogens (tertiary/aromatic N) is 2. The SMILES string of the molecule is CN(Cc1ccc(Cl)c(Cl)c1)C(=O)c1cn(C2CCCNC2)c(O)c1O. The summed E-state index contributed by atoms with van der Waals surface area (Å²) in [4.78, 5) is 14.2. The van der Waals surface area contributed by atoms with Crippen molar-refractivity contribution < 1.29 is 15.0 Å². The van der Waals surface area contributed by atoms with Gasteiger partial charge in [0.25, 0.3) is 5.91 Å². The molecule has 1 atom stereocenters. The molecule has 1 amide bonds. The van der Waals surface area contributed by atoms with Crippen LogP contribution in [-0.4, -0.2) is 45.7 Å². The van der Waals surface area contributed by atoms with Crippen LogP contribution in [0.1, 0.15) is 34.8 Å². The van der Waals surface area contributed by atoms with Crippen molar-refractivity contribution in [1.29, 1.82) is 0 Å². The van der Waals surface area contributed by atoms with Crippen LogP contribution in [0.4, 0.5) is 0 Å². The molecule has 2 aromatic rings. The smallest absolute Gasteiger partial charge is 0.259 e. The van der Waals surface area contributed by atoms with Crippen LogP contribution >= 0.6 is 23.2 Å². The van der Waals surface area contributed by atoms with Crippen molar-refractivity contribution in [2.45, 2.75) is 25.4 Å². The molecule has 1 aromatic heterocycles. The Morgan fingerprint density at radius 3 is 2.77 bits per heavy atom. The molecule has 1 fully saturated rings. The van der Waals surface area contributed by atoms with E-state index in [1.54, 1.807) is 29.8 Å². The second-order valence-corrected chi connectivity index (χ2v) is 7.35. The van der Waals surface area contributed by atoms with Crippen molar-refractivity contribution in [1.82, 2.24) is 14.8 Å². The van der Waals surface area contributed by atoms with Gasteiger partial charge in [0.05, 0.1) is 10.0 Å². The molecule has 1 aliphatic heterocycles. The van der Waals surface area contributed by atoms with Crippen molar-refractivity contribution in [3.8, 4) is 11.6 Å². The van der Waals surface area contributed by atoms with Crippen LogP contribution < -0.4 is 5.32 Å². The van der Waals surface area contributed by atoms with Crippen LogP contribution in [0, 0.1) is 0 Å². The highest BCUT2D eigenvalue weighted by molar-refractivity contribution is 6.42. The summed E-state index contributed by atoms with van der Waals surface area (Å²) in [5.41, 5.74) is 0.894. The Morgan fingerprint density at radius 2 is 2.12 bits per heavy atom. The number of carbonyl (C=O) groups is 1. The Labute approximate surface area is 161 Å². The van der Waals surface area contributed by atoms with Crippen molar-refractivity contribution in [2.75, 3.05) is 20.1 Å². The minimum atomic E-state index is -0.387. The summed E-state index contributed by atoms with van der Waals surface area (Å²) in [6, 6.07) is 5.17. The molecule has 6 nitrogen and oxygen atoms in total. The number of piperidine rings is 1. The maximum atomic E-state index is 12.7. The molecular formula is C18H21Cl2N3O3. The Kier molecular flexibility index (Phi) is 5.65. The molecule has 0 aliphatic carbocycles. The molecule has 1 saturated heterocycles. The molecule has 140 valence electrons. The number of hydrogen-bond acceptors (Lipinski definition) is 4. The third-order valence-corrected chi connectivity index (χ3v) is 5.36. The predicted octanol–water partition coefficient (Wildman–Crippen LogP) is 3.40. The van der Waals surface area contributed by atoms with Gasteiger partial charge in [-0.05, 0) is 37.1 Å². The Morgan fingerprint density at radius 1 is 1.35 bits per heavy atom. The molecule has 1 aromatic carbocycles. The fourth-order valence-corrected chi connectivity index (χ4v) is 3.52. The van der Waals surface area contributed by atoms with Gasteiger partial charge in [0.1, 0.15) is 5.56 Å². The summed E-state index contributed by atoms with van der Waals surface area (Å²) in [6.07, 6.45) is 3.38. The molecule has 0 radical (unpaired) electrons. The van der Waals surface area contributed by atoms with E-state index in [0.29, 0.717) is 23.1 Å². The van der Waals surface area contributed by atoms with Crippen LogP contribution in [0.3, 0.4) is 0 Å². The minimum Gasteiger partial charge on any atom is -0.503 e. The van der Waals surface area contributed by atoms with Gasteiger partial charge in [-0.1, -0.05) is 29.3 Å². The Hall–Kier alpha value is -1.89. The quantitative estimate of drug-likeness (QED) is 0.738. The summed E-state index contributed by atoms with van der Waals surface area (Å²) < 4.78 is 1.57. The lowest BCUT2D eigenvalue weighted by atomic mass is 10.1. The van der Waals surface area contributed by atoms with E-state index < -0.39 is 0 Å². The highest BCUT2D eigenvalue weighted by atomic mass is 35.5. The zero-order valence-electron chi connectivity index (χ0n) is 14.4. The monoisotopic (exact) mass is 397 g/mol. The van der Waals surface area contributed by atoms with E-state index in [4.69, 9.17) is 23.2 Å². The molecule has 8 heteroatoms. The standard InChI is InChI=1S/C18H21Cl2N3O3/c1-22(9-11-4-5-14(19)15(20)7-11)17(25)13-10-23(18(26)16(13)24)12-3-2-6-21-8-12/h4-5,7,10,12,21,24,26H,2-3,6,8-9H2,1H3. The first-order valence-corrected chi connectivity index (χ1v) is 9.17. The maximum Gasteiger partial charge on any atom is 0.259 e. The second kappa shape index (κ2) is 7.78. The van der Waals surface area contributed by atoms with E-state index in [0.717, 1.165) is 24.9 Å². The van der Waals surface area contributed by atoms with Gasteiger partial charge in [0.15, 0.2) is 5.75 Å². The fourth-order valence-electron chi connectivity index (χ4n) is 3.20. The van der Waals surface area contributed by atoms with Gasteiger partial charge < -0.3 is 25.0 Å². The summed E-state index contributed by atoms with van der Waals surface area (Å²) in [5, 5.41) is 24.6. The minimum absolute atomic E-state index is 0.0107. The van der Waals surface area contributed by atoms with E-state index in [9.17, 15) is 15.0 Å². The highest BCUT2D eigenvalue weighted by Crippen LogP contribution is 2.36. The molecule has 2 heterocycles. The number of aromatic hydroxyl groups is 2.